The molecule has 2 fully saturated rings. The highest BCUT2D eigenvalue weighted by Crippen LogP contribution is 2.36. The van der Waals surface area contributed by atoms with E-state index in [1.165, 1.54) is 0 Å². The average molecular weight is 276 g/mol. The minimum atomic E-state index is -0.744. The van der Waals surface area contributed by atoms with Crippen LogP contribution in [0.4, 0.5) is 0 Å². The van der Waals surface area contributed by atoms with Gasteiger partial charge in [-0.1, -0.05) is 18.2 Å². The zero-order valence-electron chi connectivity index (χ0n) is 11.8. The molecule has 0 bridgehead atoms. The van der Waals surface area contributed by atoms with Crippen LogP contribution in [0.5, 0.6) is 0 Å². The first kappa shape index (κ1) is 13.5. The lowest BCUT2D eigenvalue weighted by Gasteiger charge is -2.30. The predicted octanol–water partition coefficient (Wildman–Crippen LogP) is 0.862. The molecule has 1 amide bonds. The molecule has 2 aliphatic rings. The van der Waals surface area contributed by atoms with Gasteiger partial charge in [-0.15, -0.1) is 0 Å². The van der Waals surface area contributed by atoms with Gasteiger partial charge in [-0.05, 0) is 25.1 Å². The lowest BCUT2D eigenvalue weighted by molar-refractivity contribution is -0.206. The molecule has 0 aliphatic carbocycles. The van der Waals surface area contributed by atoms with Crippen LogP contribution in [-0.4, -0.2) is 56.0 Å². The summed E-state index contributed by atoms with van der Waals surface area (Å²) in [6.07, 6.45) is 0.928. The quantitative estimate of drug-likeness (QED) is 0.832. The summed E-state index contributed by atoms with van der Waals surface area (Å²) in [5.41, 5.74) is 0.709. The molecule has 2 saturated heterocycles. The summed E-state index contributed by atoms with van der Waals surface area (Å²) in [7, 11) is 3.27. The van der Waals surface area contributed by atoms with Gasteiger partial charge in [0.1, 0.15) is 0 Å². The fourth-order valence-corrected chi connectivity index (χ4v) is 3.36. The normalized spacial score (nSPS) is 27.6. The highest BCUT2D eigenvalue weighted by molar-refractivity contribution is 5.94. The van der Waals surface area contributed by atoms with Gasteiger partial charge in [-0.25, -0.2) is 0 Å². The van der Waals surface area contributed by atoms with Gasteiger partial charge in [-0.3, -0.25) is 4.79 Å². The van der Waals surface area contributed by atoms with Gasteiger partial charge < -0.3 is 19.7 Å². The Bertz CT molecular complexity index is 487. The molecule has 2 aliphatic heterocycles. The van der Waals surface area contributed by atoms with Crippen LogP contribution in [0, 0.1) is 0 Å². The Morgan fingerprint density at radius 1 is 1.30 bits per heavy atom. The first-order valence-electron chi connectivity index (χ1n) is 6.91. The molecule has 5 nitrogen and oxygen atoms in total. The van der Waals surface area contributed by atoms with E-state index in [0.29, 0.717) is 12.1 Å². The molecule has 1 N–H and O–H groups in total. The Labute approximate surface area is 118 Å². The van der Waals surface area contributed by atoms with Crippen molar-refractivity contribution in [2.24, 2.45) is 0 Å². The number of fused-ring (bicyclic) bond motifs is 1. The highest BCUT2D eigenvalue weighted by Gasteiger charge is 2.57. The molecule has 3 rings (SSSR count). The van der Waals surface area contributed by atoms with Crippen LogP contribution in [-0.2, 0) is 9.47 Å². The second-order valence-electron chi connectivity index (χ2n) is 5.31. The maximum Gasteiger partial charge on any atom is 0.254 e. The summed E-state index contributed by atoms with van der Waals surface area (Å²) >= 11 is 0. The summed E-state index contributed by atoms with van der Waals surface area (Å²) in [4.78, 5) is 14.6. The first-order valence-corrected chi connectivity index (χ1v) is 6.91. The molecule has 0 saturated carbocycles. The summed E-state index contributed by atoms with van der Waals surface area (Å²) in [6.45, 7) is 1.33. The first-order chi connectivity index (χ1) is 9.72. The van der Waals surface area contributed by atoms with Gasteiger partial charge in [0, 0.05) is 19.8 Å². The highest BCUT2D eigenvalue weighted by atomic mass is 16.7. The number of amides is 1. The SMILES string of the molecule is COC1(OC)CN(C(=O)c2ccccc2)C2CCNC21. The Morgan fingerprint density at radius 3 is 2.65 bits per heavy atom. The monoisotopic (exact) mass is 276 g/mol. The number of methoxy groups -OCH3 is 2. The number of likely N-dealkylation sites (tertiary alicyclic amines) is 1. The number of hydrogen-bond acceptors (Lipinski definition) is 4. The standard InChI is InChI=1S/C15H20N2O3/c1-19-15(20-2)10-17(12-8-9-16-13(12)15)14(18)11-6-4-3-5-7-11/h3-7,12-13,16H,8-10H2,1-2H3. The maximum atomic E-state index is 12.7. The lowest BCUT2D eigenvalue weighted by Crippen LogP contribution is -2.51. The Kier molecular flexibility index (Phi) is 3.50. The van der Waals surface area contributed by atoms with E-state index in [2.05, 4.69) is 5.32 Å². The number of ether oxygens (including phenoxy) is 2. The molecule has 5 heteroatoms. The smallest absolute Gasteiger partial charge is 0.254 e. The van der Waals surface area contributed by atoms with Crippen molar-refractivity contribution in [3.8, 4) is 0 Å². The third-order valence-corrected chi connectivity index (χ3v) is 4.43. The Hall–Kier alpha value is -1.43. The topological polar surface area (TPSA) is 50.8 Å². The van der Waals surface area contributed by atoms with Gasteiger partial charge in [0.05, 0.1) is 18.6 Å². The number of rotatable bonds is 3. The van der Waals surface area contributed by atoms with E-state index in [0.717, 1.165) is 13.0 Å². The summed E-state index contributed by atoms with van der Waals surface area (Å²) in [5.74, 6) is -0.703. The van der Waals surface area contributed by atoms with Crippen LogP contribution in [0.25, 0.3) is 0 Å². The Balaban J connectivity index is 1.89. The van der Waals surface area contributed by atoms with E-state index < -0.39 is 5.79 Å². The van der Waals surface area contributed by atoms with E-state index in [-0.39, 0.29) is 18.0 Å². The average Bonchev–Trinajstić information content (AvgIpc) is 3.09. The third kappa shape index (κ3) is 1.93. The Morgan fingerprint density at radius 2 is 2.00 bits per heavy atom. The fraction of sp³-hybridized carbons (Fsp3) is 0.533. The van der Waals surface area contributed by atoms with Gasteiger partial charge >= 0.3 is 0 Å². The molecule has 20 heavy (non-hydrogen) atoms. The number of nitrogens with one attached hydrogen (secondary N) is 1. The van der Waals surface area contributed by atoms with Crippen LogP contribution in [0.15, 0.2) is 30.3 Å². The van der Waals surface area contributed by atoms with Crippen molar-refractivity contribution >= 4 is 5.91 Å². The van der Waals surface area contributed by atoms with E-state index in [1.54, 1.807) is 14.2 Å². The summed E-state index contributed by atoms with van der Waals surface area (Å²) in [5, 5.41) is 3.40. The number of hydrogen-bond donors (Lipinski definition) is 1. The van der Waals surface area contributed by atoms with Crippen molar-refractivity contribution in [2.75, 3.05) is 27.3 Å². The van der Waals surface area contributed by atoms with E-state index in [4.69, 9.17) is 9.47 Å². The lowest BCUT2D eigenvalue weighted by atomic mass is 10.1. The molecule has 2 atom stereocenters. The van der Waals surface area contributed by atoms with Crippen molar-refractivity contribution in [3.05, 3.63) is 35.9 Å². The molecule has 0 radical (unpaired) electrons. The zero-order valence-corrected chi connectivity index (χ0v) is 11.8. The van der Waals surface area contributed by atoms with Gasteiger partial charge in [0.15, 0.2) is 0 Å². The summed E-state index contributed by atoms with van der Waals surface area (Å²) in [6, 6.07) is 9.53. The molecule has 2 unspecified atom stereocenters. The van der Waals surface area contributed by atoms with Crippen molar-refractivity contribution in [1.29, 1.82) is 0 Å². The van der Waals surface area contributed by atoms with Crippen LogP contribution >= 0.6 is 0 Å². The van der Waals surface area contributed by atoms with Gasteiger partial charge in [-0.2, -0.15) is 0 Å². The second-order valence-corrected chi connectivity index (χ2v) is 5.31. The molecule has 2 heterocycles. The minimum Gasteiger partial charge on any atom is -0.350 e. The molecule has 0 aromatic heterocycles. The second kappa shape index (κ2) is 5.16. The molecule has 108 valence electrons. The molecule has 1 aromatic carbocycles. The largest absolute Gasteiger partial charge is 0.350 e. The van der Waals surface area contributed by atoms with Gasteiger partial charge in [0.25, 0.3) is 5.91 Å². The molecule has 0 spiro atoms. The van der Waals surface area contributed by atoms with Crippen LogP contribution in [0.1, 0.15) is 16.8 Å². The molecule has 1 aromatic rings. The minimum absolute atomic E-state index is 0.0326. The maximum absolute atomic E-state index is 12.7. The van der Waals surface area contributed by atoms with Crippen molar-refractivity contribution < 1.29 is 14.3 Å². The van der Waals surface area contributed by atoms with Crippen molar-refractivity contribution in [3.63, 3.8) is 0 Å². The number of carbonyl (C=O) groups is 1. The summed E-state index contributed by atoms with van der Waals surface area (Å²) < 4.78 is 11.2. The van der Waals surface area contributed by atoms with Gasteiger partial charge in [0.2, 0.25) is 5.79 Å². The van der Waals surface area contributed by atoms with Crippen molar-refractivity contribution in [1.82, 2.24) is 10.2 Å². The molecular weight excluding hydrogens is 256 g/mol. The van der Waals surface area contributed by atoms with E-state index in [9.17, 15) is 4.79 Å². The van der Waals surface area contributed by atoms with Crippen molar-refractivity contribution in [2.45, 2.75) is 24.3 Å². The van der Waals surface area contributed by atoms with Crippen LogP contribution < -0.4 is 5.32 Å². The number of benzene rings is 1. The predicted molar refractivity (Wildman–Crippen MR) is 74.4 cm³/mol. The number of carbonyl (C=O) groups excluding carboxylic acids is 1. The molecular formula is C15H20N2O3. The van der Waals surface area contributed by atoms with Crippen LogP contribution in [0.2, 0.25) is 0 Å². The van der Waals surface area contributed by atoms with E-state index in [1.807, 2.05) is 35.2 Å². The van der Waals surface area contributed by atoms with Crippen LogP contribution in [0.3, 0.4) is 0 Å². The number of nitrogens with zero attached hydrogens (tertiary/aromatic N) is 1. The zero-order chi connectivity index (χ0) is 14.2. The van der Waals surface area contributed by atoms with E-state index >= 15 is 0 Å². The third-order valence-electron chi connectivity index (χ3n) is 4.43. The fourth-order valence-electron chi connectivity index (χ4n) is 3.36.